The summed E-state index contributed by atoms with van der Waals surface area (Å²) in [5, 5.41) is 3.43. The fourth-order valence-corrected chi connectivity index (χ4v) is 4.50. The molecule has 1 N–H and O–H groups in total. The monoisotopic (exact) mass is 418 g/mol. The minimum absolute atomic E-state index is 0. The molecule has 2 aromatic carbocycles. The molecule has 0 radical (unpaired) electrons. The van der Waals surface area contributed by atoms with Gasteiger partial charge in [0.25, 0.3) is 5.91 Å². The van der Waals surface area contributed by atoms with Gasteiger partial charge in [-0.15, -0.1) is 12.4 Å². The van der Waals surface area contributed by atoms with Crippen LogP contribution < -0.4 is 10.1 Å². The SMILES string of the molecule is CCCCOc1ccccc1C(=O)N1C[C@@H]2CNC[C@@H]2[C@H]1c1cccc(F)c1.Cl. The topological polar surface area (TPSA) is 41.6 Å². The van der Waals surface area contributed by atoms with Crippen molar-refractivity contribution in [3.05, 3.63) is 65.5 Å². The van der Waals surface area contributed by atoms with E-state index in [4.69, 9.17) is 4.74 Å². The molecule has 0 unspecified atom stereocenters. The first kappa shape index (κ1) is 21.6. The number of halogens is 2. The number of benzene rings is 2. The lowest BCUT2D eigenvalue weighted by Gasteiger charge is -2.29. The Balaban J connectivity index is 0.00000240. The van der Waals surface area contributed by atoms with E-state index in [2.05, 4.69) is 12.2 Å². The molecule has 1 amide bonds. The number of carbonyl (C=O) groups excluding carboxylic acids is 1. The summed E-state index contributed by atoms with van der Waals surface area (Å²) in [6.07, 6.45) is 1.99. The molecule has 2 heterocycles. The number of carbonyl (C=O) groups is 1. The van der Waals surface area contributed by atoms with Gasteiger partial charge in [0.1, 0.15) is 11.6 Å². The third-order valence-electron chi connectivity index (χ3n) is 5.89. The Morgan fingerprint density at radius 1 is 1.21 bits per heavy atom. The Hall–Kier alpha value is -2.11. The van der Waals surface area contributed by atoms with E-state index in [0.29, 0.717) is 36.3 Å². The Labute approximate surface area is 177 Å². The van der Waals surface area contributed by atoms with Crippen LogP contribution in [0.2, 0.25) is 0 Å². The predicted molar refractivity (Wildman–Crippen MR) is 114 cm³/mol. The highest BCUT2D eigenvalue weighted by Crippen LogP contribution is 2.43. The van der Waals surface area contributed by atoms with Crippen LogP contribution in [0, 0.1) is 17.7 Å². The van der Waals surface area contributed by atoms with Crippen LogP contribution >= 0.6 is 12.4 Å². The van der Waals surface area contributed by atoms with Crippen molar-refractivity contribution in [2.75, 3.05) is 26.2 Å². The molecule has 29 heavy (non-hydrogen) atoms. The Morgan fingerprint density at radius 2 is 2.03 bits per heavy atom. The molecule has 2 aliphatic heterocycles. The molecule has 0 spiro atoms. The van der Waals surface area contributed by atoms with Crippen molar-refractivity contribution in [3.8, 4) is 5.75 Å². The van der Waals surface area contributed by atoms with E-state index < -0.39 is 0 Å². The number of para-hydroxylation sites is 1. The van der Waals surface area contributed by atoms with E-state index in [1.807, 2.05) is 35.2 Å². The number of unbranched alkanes of at least 4 members (excludes halogenated alkanes) is 1. The quantitative estimate of drug-likeness (QED) is 0.704. The standard InChI is InChI=1S/C23H27FN2O2.ClH/c1-2-3-11-28-21-10-5-4-9-19(21)23(27)26-15-17-13-25-14-20(17)22(26)16-7-6-8-18(24)12-16;/h4-10,12,17,20,22,25H,2-3,11,13-15H2,1H3;1H/t17-,20-,22+;/m0./s1. The van der Waals surface area contributed by atoms with E-state index in [1.54, 1.807) is 12.1 Å². The van der Waals surface area contributed by atoms with Crippen LogP contribution in [0.3, 0.4) is 0 Å². The highest BCUT2D eigenvalue weighted by molar-refractivity contribution is 5.97. The van der Waals surface area contributed by atoms with Crippen LogP contribution in [-0.4, -0.2) is 37.0 Å². The molecular weight excluding hydrogens is 391 g/mol. The second kappa shape index (κ2) is 9.59. The van der Waals surface area contributed by atoms with Gasteiger partial charge in [0.15, 0.2) is 0 Å². The van der Waals surface area contributed by atoms with Gasteiger partial charge in [-0.25, -0.2) is 4.39 Å². The Morgan fingerprint density at radius 3 is 2.83 bits per heavy atom. The molecule has 3 atom stereocenters. The van der Waals surface area contributed by atoms with E-state index in [0.717, 1.165) is 31.5 Å². The average Bonchev–Trinajstić information content (AvgIpc) is 3.29. The maximum absolute atomic E-state index is 13.9. The first-order chi connectivity index (χ1) is 13.7. The number of nitrogens with one attached hydrogen (secondary N) is 1. The van der Waals surface area contributed by atoms with Gasteiger partial charge in [-0.05, 0) is 42.2 Å². The molecule has 156 valence electrons. The second-order valence-corrected chi connectivity index (χ2v) is 7.74. The minimum Gasteiger partial charge on any atom is -0.493 e. The number of ether oxygens (including phenoxy) is 1. The normalized spacial score (nSPS) is 22.8. The van der Waals surface area contributed by atoms with Crippen molar-refractivity contribution in [1.29, 1.82) is 0 Å². The van der Waals surface area contributed by atoms with Crippen LogP contribution in [-0.2, 0) is 0 Å². The van der Waals surface area contributed by atoms with Crippen molar-refractivity contribution < 1.29 is 13.9 Å². The number of hydrogen-bond donors (Lipinski definition) is 1. The van der Waals surface area contributed by atoms with Crippen LogP contribution in [0.5, 0.6) is 5.75 Å². The summed E-state index contributed by atoms with van der Waals surface area (Å²) in [6.45, 7) is 5.14. The lowest BCUT2D eigenvalue weighted by atomic mass is 9.89. The molecule has 2 aromatic rings. The summed E-state index contributed by atoms with van der Waals surface area (Å²) in [5.74, 6) is 1.04. The number of hydrogen-bond acceptors (Lipinski definition) is 3. The molecular formula is C23H28ClFN2O2. The maximum Gasteiger partial charge on any atom is 0.258 e. The Kier molecular flexibility index (Phi) is 7.14. The van der Waals surface area contributed by atoms with E-state index in [-0.39, 0.29) is 30.2 Å². The lowest BCUT2D eigenvalue weighted by Crippen LogP contribution is -2.35. The van der Waals surface area contributed by atoms with Crippen LogP contribution in [0.25, 0.3) is 0 Å². The number of rotatable bonds is 6. The fourth-order valence-electron chi connectivity index (χ4n) is 4.50. The zero-order chi connectivity index (χ0) is 19.5. The van der Waals surface area contributed by atoms with Crippen molar-refractivity contribution in [3.63, 3.8) is 0 Å². The van der Waals surface area contributed by atoms with Crippen molar-refractivity contribution in [2.24, 2.45) is 11.8 Å². The minimum atomic E-state index is -0.261. The predicted octanol–water partition coefficient (Wildman–Crippen LogP) is 4.46. The first-order valence-electron chi connectivity index (χ1n) is 10.2. The van der Waals surface area contributed by atoms with Crippen LogP contribution in [0.4, 0.5) is 4.39 Å². The fraction of sp³-hybridized carbons (Fsp3) is 0.435. The summed E-state index contributed by atoms with van der Waals surface area (Å²) in [4.78, 5) is 15.5. The highest BCUT2D eigenvalue weighted by atomic mass is 35.5. The zero-order valence-corrected chi connectivity index (χ0v) is 17.5. The van der Waals surface area contributed by atoms with Gasteiger partial charge < -0.3 is 15.0 Å². The molecule has 2 aliphatic rings. The lowest BCUT2D eigenvalue weighted by molar-refractivity contribution is 0.0709. The van der Waals surface area contributed by atoms with Crippen molar-refractivity contribution in [1.82, 2.24) is 10.2 Å². The van der Waals surface area contributed by atoms with E-state index >= 15 is 0 Å². The number of fused-ring (bicyclic) bond motifs is 1. The zero-order valence-electron chi connectivity index (χ0n) is 16.6. The van der Waals surface area contributed by atoms with Gasteiger partial charge in [-0.1, -0.05) is 37.6 Å². The molecule has 4 nitrogen and oxygen atoms in total. The van der Waals surface area contributed by atoms with E-state index in [9.17, 15) is 9.18 Å². The first-order valence-corrected chi connectivity index (χ1v) is 10.2. The molecule has 0 aromatic heterocycles. The molecule has 0 saturated carbocycles. The van der Waals surface area contributed by atoms with Crippen LogP contribution in [0.15, 0.2) is 48.5 Å². The molecule has 4 rings (SSSR count). The number of amides is 1. The summed E-state index contributed by atoms with van der Waals surface area (Å²) in [5.41, 5.74) is 1.46. The summed E-state index contributed by atoms with van der Waals surface area (Å²) in [7, 11) is 0. The second-order valence-electron chi connectivity index (χ2n) is 7.74. The average molecular weight is 419 g/mol. The third kappa shape index (κ3) is 4.41. The van der Waals surface area contributed by atoms with Crippen molar-refractivity contribution in [2.45, 2.75) is 25.8 Å². The summed E-state index contributed by atoms with van der Waals surface area (Å²) >= 11 is 0. The molecule has 0 bridgehead atoms. The third-order valence-corrected chi connectivity index (χ3v) is 5.89. The summed E-state index contributed by atoms with van der Waals surface area (Å²) < 4.78 is 19.8. The highest BCUT2D eigenvalue weighted by Gasteiger charge is 2.47. The van der Waals surface area contributed by atoms with Gasteiger partial charge in [0.05, 0.1) is 18.2 Å². The van der Waals surface area contributed by atoms with Gasteiger partial charge in [-0.2, -0.15) is 0 Å². The summed E-state index contributed by atoms with van der Waals surface area (Å²) in [6, 6.07) is 14.0. The molecule has 2 saturated heterocycles. The van der Waals surface area contributed by atoms with Gasteiger partial charge in [0, 0.05) is 25.6 Å². The van der Waals surface area contributed by atoms with Gasteiger partial charge >= 0.3 is 0 Å². The van der Waals surface area contributed by atoms with Gasteiger partial charge in [-0.3, -0.25) is 4.79 Å². The smallest absolute Gasteiger partial charge is 0.258 e. The Bertz CT molecular complexity index is 847. The maximum atomic E-state index is 13.9. The molecule has 0 aliphatic carbocycles. The van der Waals surface area contributed by atoms with Crippen LogP contribution in [0.1, 0.15) is 41.7 Å². The largest absolute Gasteiger partial charge is 0.493 e. The van der Waals surface area contributed by atoms with Crippen molar-refractivity contribution >= 4 is 18.3 Å². The van der Waals surface area contributed by atoms with E-state index in [1.165, 1.54) is 6.07 Å². The number of likely N-dealkylation sites (tertiary alicyclic amines) is 1. The number of nitrogens with zero attached hydrogens (tertiary/aromatic N) is 1. The molecule has 2 fully saturated rings. The molecule has 6 heteroatoms. The van der Waals surface area contributed by atoms with Gasteiger partial charge in [0.2, 0.25) is 0 Å².